The van der Waals surface area contributed by atoms with Crippen LogP contribution < -0.4 is 5.73 Å². The number of ether oxygens (including phenoxy) is 1. The first-order valence-electron chi connectivity index (χ1n) is 6.67. The molecule has 1 rings (SSSR count). The Balaban J connectivity index is 3.41. The van der Waals surface area contributed by atoms with Crippen LogP contribution in [0.25, 0.3) is 0 Å². The second-order valence-electron chi connectivity index (χ2n) is 5.97. The molecule has 1 atom stereocenters. The lowest BCUT2D eigenvalue weighted by atomic mass is 9.59. The van der Waals surface area contributed by atoms with Crippen molar-refractivity contribution < 1.29 is 9.53 Å². The van der Waals surface area contributed by atoms with E-state index in [0.29, 0.717) is 0 Å². The summed E-state index contributed by atoms with van der Waals surface area (Å²) in [7, 11) is 1.42. The lowest BCUT2D eigenvalue weighted by molar-refractivity contribution is -0.143. The maximum Gasteiger partial charge on any atom is 0.306 e. The van der Waals surface area contributed by atoms with E-state index in [2.05, 4.69) is 13.8 Å². The van der Waals surface area contributed by atoms with Gasteiger partial charge in [-0.05, 0) is 25.3 Å². The summed E-state index contributed by atoms with van der Waals surface area (Å²) in [5.74, 6) is -0.00919. The van der Waals surface area contributed by atoms with Gasteiger partial charge < -0.3 is 10.5 Å². The Labute approximate surface area is 116 Å². The van der Waals surface area contributed by atoms with Crippen molar-refractivity contribution in [1.29, 1.82) is 0 Å². The molecule has 3 heteroatoms. The summed E-state index contributed by atoms with van der Waals surface area (Å²) in [5, 5.41) is 0. The summed E-state index contributed by atoms with van der Waals surface area (Å²) >= 11 is 0. The van der Waals surface area contributed by atoms with Gasteiger partial charge in [-0.25, -0.2) is 0 Å². The van der Waals surface area contributed by atoms with Crippen molar-refractivity contribution in [1.82, 2.24) is 0 Å². The highest BCUT2D eigenvalue weighted by Crippen LogP contribution is 2.43. The zero-order valence-electron chi connectivity index (χ0n) is 12.6. The van der Waals surface area contributed by atoms with E-state index in [0.717, 1.165) is 5.56 Å². The number of carbonyl (C=O) groups is 1. The molecule has 1 aromatic carbocycles. The second kappa shape index (κ2) is 5.74. The minimum atomic E-state index is -0.531. The maximum atomic E-state index is 11.9. The SMILES string of the molecule is COC(=O)CC(c1ccccc1)(C(C)C)C(C)(C)N. The van der Waals surface area contributed by atoms with Crippen molar-refractivity contribution in [2.24, 2.45) is 11.7 Å². The molecule has 3 nitrogen and oxygen atoms in total. The van der Waals surface area contributed by atoms with Crippen molar-refractivity contribution in [2.75, 3.05) is 7.11 Å². The average Bonchev–Trinajstić information content (AvgIpc) is 2.34. The summed E-state index contributed by atoms with van der Waals surface area (Å²) in [6, 6.07) is 10.0. The minimum absolute atomic E-state index is 0.217. The minimum Gasteiger partial charge on any atom is -0.469 e. The monoisotopic (exact) mass is 263 g/mol. The van der Waals surface area contributed by atoms with Crippen molar-refractivity contribution in [3.63, 3.8) is 0 Å². The summed E-state index contributed by atoms with van der Waals surface area (Å²) in [6.07, 6.45) is 0.286. The average molecular weight is 263 g/mol. The molecule has 0 radical (unpaired) electrons. The van der Waals surface area contributed by atoms with E-state index in [9.17, 15) is 4.79 Å². The second-order valence-corrected chi connectivity index (χ2v) is 5.97. The van der Waals surface area contributed by atoms with Gasteiger partial charge in [0.25, 0.3) is 0 Å². The summed E-state index contributed by atoms with van der Waals surface area (Å²) in [6.45, 7) is 8.15. The van der Waals surface area contributed by atoms with Gasteiger partial charge in [0, 0.05) is 11.0 Å². The van der Waals surface area contributed by atoms with Crippen molar-refractivity contribution in [3.05, 3.63) is 35.9 Å². The highest BCUT2D eigenvalue weighted by Gasteiger charge is 2.48. The molecule has 19 heavy (non-hydrogen) atoms. The standard InChI is InChI=1S/C16H25NO2/c1-12(2)16(15(3,4)17,11-14(18)19-5)13-9-7-6-8-10-13/h6-10,12H,11,17H2,1-5H3. The van der Waals surface area contributed by atoms with Crippen LogP contribution in [0.3, 0.4) is 0 Å². The predicted octanol–water partition coefficient (Wildman–Crippen LogP) is 2.88. The first-order chi connectivity index (χ1) is 8.75. The van der Waals surface area contributed by atoms with Crippen molar-refractivity contribution in [3.8, 4) is 0 Å². The van der Waals surface area contributed by atoms with E-state index in [1.165, 1.54) is 7.11 Å². The van der Waals surface area contributed by atoms with Crippen LogP contribution in [0.5, 0.6) is 0 Å². The molecule has 0 aliphatic rings. The van der Waals surface area contributed by atoms with Crippen LogP contribution in [0.1, 0.15) is 39.7 Å². The van der Waals surface area contributed by atoms with Crippen LogP contribution in [-0.2, 0) is 14.9 Å². The molecular formula is C16H25NO2. The van der Waals surface area contributed by atoms with E-state index in [4.69, 9.17) is 10.5 Å². The molecular weight excluding hydrogens is 238 g/mol. The molecule has 0 aromatic heterocycles. The number of hydrogen-bond acceptors (Lipinski definition) is 3. The highest BCUT2D eigenvalue weighted by atomic mass is 16.5. The Bertz CT molecular complexity index is 420. The van der Waals surface area contributed by atoms with Gasteiger partial charge in [0.1, 0.15) is 0 Å². The van der Waals surface area contributed by atoms with Gasteiger partial charge in [0.2, 0.25) is 0 Å². The smallest absolute Gasteiger partial charge is 0.306 e. The Kier molecular flexibility index (Phi) is 4.75. The van der Waals surface area contributed by atoms with Gasteiger partial charge in [-0.1, -0.05) is 44.2 Å². The number of rotatable bonds is 5. The Morgan fingerprint density at radius 1 is 1.26 bits per heavy atom. The zero-order chi connectivity index (χ0) is 14.7. The molecule has 0 fully saturated rings. The lowest BCUT2D eigenvalue weighted by Crippen LogP contribution is -2.58. The Morgan fingerprint density at radius 3 is 2.16 bits per heavy atom. The number of carbonyl (C=O) groups excluding carboxylic acids is 1. The van der Waals surface area contributed by atoms with Gasteiger partial charge in [-0.15, -0.1) is 0 Å². The highest BCUT2D eigenvalue weighted by molar-refractivity contribution is 5.72. The molecule has 0 saturated carbocycles. The molecule has 106 valence electrons. The fourth-order valence-corrected chi connectivity index (χ4v) is 3.02. The van der Waals surface area contributed by atoms with E-state index in [-0.39, 0.29) is 18.3 Å². The van der Waals surface area contributed by atoms with Crippen molar-refractivity contribution >= 4 is 5.97 Å². The number of nitrogens with two attached hydrogens (primary N) is 1. The predicted molar refractivity (Wildman–Crippen MR) is 77.9 cm³/mol. The number of methoxy groups -OCH3 is 1. The number of benzene rings is 1. The first kappa shape index (κ1) is 15.7. The quantitative estimate of drug-likeness (QED) is 0.831. The molecule has 0 heterocycles. The molecule has 0 aliphatic heterocycles. The fraction of sp³-hybridized carbons (Fsp3) is 0.562. The van der Waals surface area contributed by atoms with Crippen LogP contribution in [0.15, 0.2) is 30.3 Å². The third-order valence-corrected chi connectivity index (χ3v) is 4.08. The van der Waals surface area contributed by atoms with Crippen molar-refractivity contribution in [2.45, 2.75) is 45.1 Å². The van der Waals surface area contributed by atoms with E-state index in [1.54, 1.807) is 0 Å². The topological polar surface area (TPSA) is 52.3 Å². The lowest BCUT2D eigenvalue weighted by Gasteiger charge is -2.47. The molecule has 1 aromatic rings. The largest absolute Gasteiger partial charge is 0.469 e. The molecule has 0 saturated heterocycles. The number of esters is 1. The van der Waals surface area contributed by atoms with Gasteiger partial charge in [-0.2, -0.15) is 0 Å². The molecule has 0 spiro atoms. The van der Waals surface area contributed by atoms with Crippen LogP contribution >= 0.6 is 0 Å². The van der Waals surface area contributed by atoms with Gasteiger partial charge in [-0.3, -0.25) is 4.79 Å². The summed E-state index contributed by atoms with van der Waals surface area (Å²) in [5.41, 5.74) is 6.55. The van der Waals surface area contributed by atoms with Gasteiger partial charge in [0.15, 0.2) is 0 Å². The third kappa shape index (κ3) is 2.98. The van der Waals surface area contributed by atoms with Crippen LogP contribution in [-0.4, -0.2) is 18.6 Å². The third-order valence-electron chi connectivity index (χ3n) is 4.08. The van der Waals surface area contributed by atoms with E-state index < -0.39 is 11.0 Å². The van der Waals surface area contributed by atoms with E-state index >= 15 is 0 Å². The Morgan fingerprint density at radius 2 is 1.79 bits per heavy atom. The van der Waals surface area contributed by atoms with Crippen LogP contribution in [0, 0.1) is 5.92 Å². The van der Waals surface area contributed by atoms with Gasteiger partial charge in [0.05, 0.1) is 13.5 Å². The molecule has 1 unspecified atom stereocenters. The maximum absolute atomic E-state index is 11.9. The summed E-state index contributed by atoms with van der Waals surface area (Å²) < 4.78 is 4.88. The Hall–Kier alpha value is -1.35. The van der Waals surface area contributed by atoms with Crippen LogP contribution in [0.4, 0.5) is 0 Å². The fourth-order valence-electron chi connectivity index (χ4n) is 3.02. The summed E-state index contributed by atoms with van der Waals surface area (Å²) in [4.78, 5) is 11.9. The molecule has 0 amide bonds. The zero-order valence-corrected chi connectivity index (χ0v) is 12.6. The van der Waals surface area contributed by atoms with E-state index in [1.807, 2.05) is 44.2 Å². The molecule has 2 N–H and O–H groups in total. The molecule has 0 aliphatic carbocycles. The molecule has 0 bridgehead atoms. The first-order valence-corrected chi connectivity index (χ1v) is 6.67. The number of hydrogen-bond donors (Lipinski definition) is 1. The van der Waals surface area contributed by atoms with Gasteiger partial charge >= 0.3 is 5.97 Å². The van der Waals surface area contributed by atoms with Crippen LogP contribution in [0.2, 0.25) is 0 Å². The normalized spacial score (nSPS) is 15.1.